The normalized spacial score (nSPS) is 14.3. The van der Waals surface area contributed by atoms with E-state index in [1.54, 1.807) is 6.21 Å². The summed E-state index contributed by atoms with van der Waals surface area (Å²) in [5, 5.41) is 7.12. The van der Waals surface area contributed by atoms with Crippen LogP contribution in [0, 0.1) is 18.3 Å². The SMILES string of the molecule is C#Cc1cccc(N(/C(N=C)=C(/C=N\CNC(/C=C\C(C)CNC(CCC)CCCC)=C/C)N=C)C(C)C)c1. The molecular formula is C33H50N6. The predicted octanol–water partition coefficient (Wildman–Crippen LogP) is 7.12. The van der Waals surface area contributed by atoms with Crippen molar-refractivity contribution < 1.29 is 0 Å². The third-order valence-electron chi connectivity index (χ3n) is 6.36. The summed E-state index contributed by atoms with van der Waals surface area (Å²) in [6, 6.07) is 8.46. The van der Waals surface area contributed by atoms with Crippen LogP contribution in [0.5, 0.6) is 0 Å². The highest BCUT2D eigenvalue weighted by molar-refractivity contribution is 5.82. The fourth-order valence-electron chi connectivity index (χ4n) is 4.22. The molecule has 0 heterocycles. The number of aliphatic imine (C=N–C) groups is 3. The van der Waals surface area contributed by atoms with Gasteiger partial charge in [0.1, 0.15) is 12.4 Å². The first-order valence-electron chi connectivity index (χ1n) is 14.2. The summed E-state index contributed by atoms with van der Waals surface area (Å²) >= 11 is 0. The Hall–Kier alpha value is -3.43. The van der Waals surface area contributed by atoms with Crippen molar-refractivity contribution >= 4 is 25.3 Å². The number of terminal acetylenes is 1. The van der Waals surface area contributed by atoms with Crippen LogP contribution in [0.25, 0.3) is 0 Å². The maximum Gasteiger partial charge on any atom is 0.160 e. The molecule has 0 saturated carbocycles. The van der Waals surface area contributed by atoms with Crippen molar-refractivity contribution in [1.29, 1.82) is 0 Å². The monoisotopic (exact) mass is 530 g/mol. The summed E-state index contributed by atoms with van der Waals surface area (Å²) in [6.07, 6.45) is 19.9. The summed E-state index contributed by atoms with van der Waals surface area (Å²) < 4.78 is 0. The maximum absolute atomic E-state index is 5.61. The Balaban J connectivity index is 2.86. The Bertz CT molecular complexity index is 1040. The molecule has 0 aromatic heterocycles. The van der Waals surface area contributed by atoms with Crippen molar-refractivity contribution in [2.24, 2.45) is 20.9 Å². The lowest BCUT2D eigenvalue weighted by Crippen LogP contribution is -2.32. The Morgan fingerprint density at radius 1 is 1.13 bits per heavy atom. The topological polar surface area (TPSA) is 64.4 Å². The smallest absolute Gasteiger partial charge is 0.160 e. The van der Waals surface area contributed by atoms with Gasteiger partial charge >= 0.3 is 0 Å². The molecule has 0 aliphatic heterocycles. The summed E-state index contributed by atoms with van der Waals surface area (Å²) in [7, 11) is 0. The van der Waals surface area contributed by atoms with E-state index < -0.39 is 0 Å². The standard InChI is InChI=1S/C33H50N6/c1-10-14-18-30(16-11-2)37-23-27(7)20-21-29(13-4)38-25-36-24-32(34-8)33(35-9)39(26(5)6)31-19-15-17-28(12-3)22-31/h3,13,15,17,19-22,24,26-27,30,37-38H,8-11,14,16,18,23,25H2,1-2,4-7H3/b21-20-,29-13+,33-32-,36-24-. The molecule has 212 valence electrons. The molecule has 0 aliphatic carbocycles. The molecule has 0 aliphatic rings. The van der Waals surface area contributed by atoms with E-state index in [2.05, 4.69) is 91.7 Å². The van der Waals surface area contributed by atoms with Gasteiger partial charge in [-0.25, -0.2) is 4.99 Å². The van der Waals surface area contributed by atoms with E-state index in [1.807, 2.05) is 42.2 Å². The van der Waals surface area contributed by atoms with Crippen LogP contribution in [0.15, 0.2) is 74.7 Å². The third kappa shape index (κ3) is 12.3. The van der Waals surface area contributed by atoms with E-state index in [9.17, 15) is 0 Å². The second kappa shape index (κ2) is 19.6. The first-order valence-corrected chi connectivity index (χ1v) is 14.2. The van der Waals surface area contributed by atoms with Gasteiger partial charge in [0.15, 0.2) is 5.82 Å². The van der Waals surface area contributed by atoms with E-state index in [0.29, 0.717) is 30.1 Å². The zero-order chi connectivity index (χ0) is 29.0. The lowest BCUT2D eigenvalue weighted by molar-refractivity contribution is 0.418. The Labute approximate surface area is 238 Å². The van der Waals surface area contributed by atoms with Crippen molar-refractivity contribution in [3.05, 3.63) is 65.3 Å². The van der Waals surface area contributed by atoms with Gasteiger partial charge in [-0.15, -0.1) is 6.42 Å². The number of hydrogen-bond donors (Lipinski definition) is 2. The molecule has 1 aromatic carbocycles. The van der Waals surface area contributed by atoms with E-state index in [4.69, 9.17) is 6.42 Å². The van der Waals surface area contributed by atoms with Crippen LogP contribution in [-0.4, -0.2) is 44.9 Å². The molecule has 6 nitrogen and oxygen atoms in total. The van der Waals surface area contributed by atoms with Crippen LogP contribution in [0.2, 0.25) is 0 Å². The molecule has 0 bridgehead atoms. The van der Waals surface area contributed by atoms with Gasteiger partial charge in [0, 0.05) is 35.6 Å². The summed E-state index contributed by atoms with van der Waals surface area (Å²) in [5.74, 6) is 3.69. The van der Waals surface area contributed by atoms with Crippen LogP contribution in [0.4, 0.5) is 5.69 Å². The summed E-state index contributed by atoms with van der Waals surface area (Å²) in [6.45, 7) is 21.8. The summed E-state index contributed by atoms with van der Waals surface area (Å²) in [4.78, 5) is 15.0. The fourth-order valence-corrected chi connectivity index (χ4v) is 4.22. The number of anilines is 1. The number of hydrogen-bond acceptors (Lipinski definition) is 6. The van der Waals surface area contributed by atoms with Gasteiger partial charge in [0.05, 0.1) is 6.21 Å². The van der Waals surface area contributed by atoms with Gasteiger partial charge in [-0.2, -0.15) is 0 Å². The fraction of sp³-hybridized carbons (Fsp3) is 0.485. The molecule has 1 rings (SSSR count). The van der Waals surface area contributed by atoms with Crippen LogP contribution in [0.1, 0.15) is 79.2 Å². The largest absolute Gasteiger partial charge is 0.367 e. The van der Waals surface area contributed by atoms with Crippen LogP contribution in [0.3, 0.4) is 0 Å². The molecular weight excluding hydrogens is 480 g/mol. The predicted molar refractivity (Wildman–Crippen MR) is 173 cm³/mol. The van der Waals surface area contributed by atoms with Crippen molar-refractivity contribution in [2.75, 3.05) is 18.1 Å². The summed E-state index contributed by atoms with van der Waals surface area (Å²) in [5.41, 5.74) is 3.26. The highest BCUT2D eigenvalue weighted by Gasteiger charge is 2.18. The van der Waals surface area contributed by atoms with Crippen LogP contribution in [-0.2, 0) is 0 Å². The number of rotatable bonds is 19. The van der Waals surface area contributed by atoms with Gasteiger partial charge < -0.3 is 15.5 Å². The number of allylic oxidation sites excluding steroid dienone is 3. The Morgan fingerprint density at radius 3 is 2.49 bits per heavy atom. The molecule has 2 atom stereocenters. The van der Waals surface area contributed by atoms with E-state index >= 15 is 0 Å². The zero-order valence-corrected chi connectivity index (χ0v) is 25.1. The second-order valence-corrected chi connectivity index (χ2v) is 9.95. The van der Waals surface area contributed by atoms with Gasteiger partial charge in [-0.05, 0) is 77.2 Å². The molecule has 0 fully saturated rings. The van der Waals surface area contributed by atoms with Crippen molar-refractivity contribution in [3.8, 4) is 12.3 Å². The molecule has 2 N–H and O–H groups in total. The number of nitrogens with one attached hydrogen (secondary N) is 2. The minimum Gasteiger partial charge on any atom is -0.367 e. The highest BCUT2D eigenvalue weighted by atomic mass is 15.2. The third-order valence-corrected chi connectivity index (χ3v) is 6.36. The molecule has 39 heavy (non-hydrogen) atoms. The minimum atomic E-state index is 0.0851. The van der Waals surface area contributed by atoms with Crippen molar-refractivity contribution in [1.82, 2.24) is 10.6 Å². The lowest BCUT2D eigenvalue weighted by Gasteiger charge is -2.29. The van der Waals surface area contributed by atoms with Gasteiger partial charge in [0.25, 0.3) is 0 Å². The van der Waals surface area contributed by atoms with Gasteiger partial charge in [0.2, 0.25) is 0 Å². The molecule has 1 aromatic rings. The first-order chi connectivity index (χ1) is 18.8. The maximum atomic E-state index is 5.61. The van der Waals surface area contributed by atoms with E-state index in [-0.39, 0.29) is 6.04 Å². The van der Waals surface area contributed by atoms with E-state index in [1.165, 1.54) is 32.1 Å². The molecule has 0 amide bonds. The number of benzene rings is 1. The molecule has 0 radical (unpaired) electrons. The Morgan fingerprint density at radius 2 is 1.90 bits per heavy atom. The van der Waals surface area contributed by atoms with Crippen LogP contribution >= 0.6 is 0 Å². The average Bonchev–Trinajstić information content (AvgIpc) is 2.94. The highest BCUT2D eigenvalue weighted by Crippen LogP contribution is 2.26. The number of nitrogens with zero attached hydrogens (tertiary/aromatic N) is 4. The number of unbranched alkanes of at least 4 members (excludes halogenated alkanes) is 1. The van der Waals surface area contributed by atoms with Gasteiger partial charge in [-0.3, -0.25) is 9.98 Å². The first kappa shape index (κ1) is 33.6. The lowest BCUT2D eigenvalue weighted by atomic mass is 10.0. The van der Waals surface area contributed by atoms with Crippen molar-refractivity contribution in [2.45, 2.75) is 85.7 Å². The zero-order valence-electron chi connectivity index (χ0n) is 25.1. The molecule has 6 heteroatoms. The van der Waals surface area contributed by atoms with Crippen molar-refractivity contribution in [3.63, 3.8) is 0 Å². The minimum absolute atomic E-state index is 0.0851. The van der Waals surface area contributed by atoms with Gasteiger partial charge in [-0.1, -0.05) is 64.2 Å². The average molecular weight is 531 g/mol. The Kier molecular flexibility index (Phi) is 16.9. The quantitative estimate of drug-likeness (QED) is 0.114. The molecule has 2 unspecified atom stereocenters. The van der Waals surface area contributed by atoms with Crippen LogP contribution < -0.4 is 15.5 Å². The second-order valence-electron chi connectivity index (χ2n) is 9.95. The molecule has 0 spiro atoms. The van der Waals surface area contributed by atoms with E-state index in [0.717, 1.165) is 23.5 Å². The molecule has 0 saturated heterocycles.